The van der Waals surface area contributed by atoms with Gasteiger partial charge in [0, 0.05) is 28.8 Å². The van der Waals surface area contributed by atoms with Gasteiger partial charge in [0.05, 0.1) is 6.54 Å². The molecule has 0 spiro atoms. The third-order valence-corrected chi connectivity index (χ3v) is 3.91. The van der Waals surface area contributed by atoms with Crippen LogP contribution in [0.15, 0.2) is 51.9 Å². The van der Waals surface area contributed by atoms with Crippen molar-refractivity contribution in [1.29, 1.82) is 0 Å². The number of nitrogens with zero attached hydrogens (tertiary/aromatic N) is 2. The Labute approximate surface area is 147 Å². The van der Waals surface area contributed by atoms with Crippen LogP contribution in [0.3, 0.4) is 0 Å². The Balaban J connectivity index is 1.84. The molecule has 1 heterocycles. The van der Waals surface area contributed by atoms with E-state index in [4.69, 9.17) is 16.3 Å². The smallest absolute Gasteiger partial charge is 0.251 e. The first-order valence-electron chi connectivity index (χ1n) is 6.94. The molecule has 0 saturated heterocycles. The lowest BCUT2D eigenvalue weighted by molar-refractivity contribution is -0.130. The predicted octanol–water partition coefficient (Wildman–Crippen LogP) is 2.80. The van der Waals surface area contributed by atoms with E-state index in [9.17, 15) is 9.59 Å². The summed E-state index contributed by atoms with van der Waals surface area (Å²) in [7, 11) is 1.68. The summed E-state index contributed by atoms with van der Waals surface area (Å²) in [5, 5.41) is 0.643. The largest absolute Gasteiger partial charge is 0.492 e. The van der Waals surface area contributed by atoms with Crippen molar-refractivity contribution >= 4 is 33.4 Å². The number of amides is 1. The lowest BCUT2D eigenvalue weighted by Crippen LogP contribution is -2.35. The molecule has 5 nitrogen and oxygen atoms in total. The SMILES string of the molecule is CN(CCOc1ccc(Cl)cc1)C(=O)Cn1cc(Br)ccc1=O. The maximum absolute atomic E-state index is 12.1. The summed E-state index contributed by atoms with van der Waals surface area (Å²) in [6.45, 7) is 0.775. The van der Waals surface area contributed by atoms with E-state index >= 15 is 0 Å². The molecular formula is C16H16BrClN2O3. The van der Waals surface area contributed by atoms with E-state index in [2.05, 4.69) is 15.9 Å². The molecule has 0 unspecified atom stereocenters. The monoisotopic (exact) mass is 398 g/mol. The molecule has 2 aromatic rings. The highest BCUT2D eigenvalue weighted by Gasteiger charge is 2.10. The first kappa shape index (κ1) is 17.6. The van der Waals surface area contributed by atoms with Crippen molar-refractivity contribution in [2.45, 2.75) is 6.54 Å². The van der Waals surface area contributed by atoms with Gasteiger partial charge in [-0.15, -0.1) is 0 Å². The summed E-state index contributed by atoms with van der Waals surface area (Å²) in [5.41, 5.74) is -0.215. The van der Waals surface area contributed by atoms with Gasteiger partial charge in [-0.25, -0.2) is 0 Å². The van der Waals surface area contributed by atoms with E-state index in [1.807, 2.05) is 0 Å². The van der Waals surface area contributed by atoms with Gasteiger partial charge in [0.1, 0.15) is 18.9 Å². The highest BCUT2D eigenvalue weighted by atomic mass is 79.9. The van der Waals surface area contributed by atoms with Crippen molar-refractivity contribution < 1.29 is 9.53 Å². The molecular weight excluding hydrogens is 384 g/mol. The minimum atomic E-state index is -0.215. The van der Waals surface area contributed by atoms with Crippen molar-refractivity contribution in [3.8, 4) is 5.75 Å². The number of halogens is 2. The maximum Gasteiger partial charge on any atom is 0.251 e. The molecule has 0 saturated carbocycles. The van der Waals surface area contributed by atoms with Crippen molar-refractivity contribution in [2.75, 3.05) is 20.2 Å². The van der Waals surface area contributed by atoms with Crippen LogP contribution in [0.5, 0.6) is 5.75 Å². The second-order valence-electron chi connectivity index (χ2n) is 4.93. The second-order valence-corrected chi connectivity index (χ2v) is 6.28. The molecule has 0 atom stereocenters. The van der Waals surface area contributed by atoms with Crippen LogP contribution in [0.1, 0.15) is 0 Å². The van der Waals surface area contributed by atoms with E-state index in [1.165, 1.54) is 15.5 Å². The topological polar surface area (TPSA) is 51.5 Å². The summed E-state index contributed by atoms with van der Waals surface area (Å²) < 4.78 is 7.66. The van der Waals surface area contributed by atoms with E-state index in [0.717, 1.165) is 4.47 Å². The fourth-order valence-electron chi connectivity index (χ4n) is 1.85. The lowest BCUT2D eigenvalue weighted by Gasteiger charge is -2.18. The van der Waals surface area contributed by atoms with Gasteiger partial charge in [-0.05, 0) is 46.3 Å². The normalized spacial score (nSPS) is 10.4. The number of likely N-dealkylation sites (N-methyl/N-ethyl adjacent to an activating group) is 1. The van der Waals surface area contributed by atoms with Crippen molar-refractivity contribution in [2.24, 2.45) is 0 Å². The maximum atomic E-state index is 12.1. The van der Waals surface area contributed by atoms with Gasteiger partial charge in [-0.1, -0.05) is 11.6 Å². The summed E-state index contributed by atoms with van der Waals surface area (Å²) in [5.74, 6) is 0.531. The van der Waals surface area contributed by atoms with Gasteiger partial charge in [-0.2, -0.15) is 0 Å². The molecule has 7 heteroatoms. The van der Waals surface area contributed by atoms with Crippen LogP contribution in [0.4, 0.5) is 0 Å². The van der Waals surface area contributed by atoms with Crippen LogP contribution in [0.2, 0.25) is 5.02 Å². The van der Waals surface area contributed by atoms with Crippen LogP contribution in [0, 0.1) is 0 Å². The van der Waals surface area contributed by atoms with Crippen LogP contribution in [0.25, 0.3) is 0 Å². The van der Waals surface area contributed by atoms with Gasteiger partial charge >= 0.3 is 0 Å². The Morgan fingerprint density at radius 1 is 1.26 bits per heavy atom. The average molecular weight is 400 g/mol. The van der Waals surface area contributed by atoms with Crippen molar-refractivity contribution in [3.05, 3.63) is 62.4 Å². The molecule has 2 rings (SSSR count). The molecule has 0 fully saturated rings. The minimum Gasteiger partial charge on any atom is -0.492 e. The van der Waals surface area contributed by atoms with Crippen LogP contribution < -0.4 is 10.3 Å². The molecule has 0 aliphatic heterocycles. The number of ether oxygens (including phenoxy) is 1. The van der Waals surface area contributed by atoms with Crippen LogP contribution in [-0.4, -0.2) is 35.6 Å². The standard InChI is InChI=1S/C16H16BrClN2O3/c1-19(8-9-23-14-5-3-13(18)4-6-14)16(22)11-20-10-12(17)2-7-15(20)21/h2-7,10H,8-9,11H2,1H3. The molecule has 1 amide bonds. The molecule has 0 bridgehead atoms. The Kier molecular flexibility index (Phi) is 6.24. The second kappa shape index (κ2) is 8.17. The molecule has 0 radical (unpaired) electrons. The summed E-state index contributed by atoms with van der Waals surface area (Å²) >= 11 is 9.08. The number of hydrogen-bond donors (Lipinski definition) is 0. The summed E-state index contributed by atoms with van der Waals surface area (Å²) in [4.78, 5) is 25.4. The fourth-order valence-corrected chi connectivity index (χ4v) is 2.35. The van der Waals surface area contributed by atoms with Gasteiger partial charge in [0.2, 0.25) is 5.91 Å². The average Bonchev–Trinajstić information content (AvgIpc) is 2.52. The van der Waals surface area contributed by atoms with Gasteiger partial charge in [0.15, 0.2) is 0 Å². The first-order chi connectivity index (χ1) is 11.0. The van der Waals surface area contributed by atoms with Gasteiger partial charge < -0.3 is 14.2 Å². The number of carbonyl (C=O) groups excluding carboxylic acids is 1. The van der Waals surface area contributed by atoms with Gasteiger partial charge in [-0.3, -0.25) is 9.59 Å². The van der Waals surface area contributed by atoms with Crippen LogP contribution in [-0.2, 0) is 11.3 Å². The third kappa shape index (κ3) is 5.41. The molecule has 1 aromatic heterocycles. The van der Waals surface area contributed by atoms with E-state index in [1.54, 1.807) is 43.6 Å². The Morgan fingerprint density at radius 2 is 1.96 bits per heavy atom. The number of aromatic nitrogens is 1. The molecule has 1 aromatic carbocycles. The van der Waals surface area contributed by atoms with Crippen molar-refractivity contribution in [3.63, 3.8) is 0 Å². The minimum absolute atomic E-state index is 0.00425. The predicted molar refractivity (Wildman–Crippen MR) is 93.0 cm³/mol. The zero-order valence-electron chi connectivity index (χ0n) is 12.5. The summed E-state index contributed by atoms with van der Waals surface area (Å²) in [6.07, 6.45) is 1.60. The lowest BCUT2D eigenvalue weighted by atomic mass is 10.3. The van der Waals surface area contributed by atoms with E-state index < -0.39 is 0 Å². The Hall–Kier alpha value is -1.79. The van der Waals surface area contributed by atoms with Crippen LogP contribution >= 0.6 is 27.5 Å². The van der Waals surface area contributed by atoms with E-state index in [-0.39, 0.29) is 18.0 Å². The quantitative estimate of drug-likeness (QED) is 0.750. The fraction of sp³-hybridized carbons (Fsp3) is 0.250. The number of rotatable bonds is 6. The number of carbonyl (C=O) groups is 1. The number of benzene rings is 1. The molecule has 0 aliphatic carbocycles. The number of hydrogen-bond acceptors (Lipinski definition) is 3. The Morgan fingerprint density at radius 3 is 2.65 bits per heavy atom. The highest BCUT2D eigenvalue weighted by molar-refractivity contribution is 9.10. The third-order valence-electron chi connectivity index (χ3n) is 3.19. The first-order valence-corrected chi connectivity index (χ1v) is 8.11. The Bertz CT molecular complexity index is 731. The molecule has 122 valence electrons. The molecule has 0 N–H and O–H groups in total. The molecule has 23 heavy (non-hydrogen) atoms. The summed E-state index contributed by atoms with van der Waals surface area (Å²) in [6, 6.07) is 10.1. The van der Waals surface area contributed by atoms with Gasteiger partial charge in [0.25, 0.3) is 5.56 Å². The number of pyridine rings is 1. The molecule has 0 aliphatic rings. The highest BCUT2D eigenvalue weighted by Crippen LogP contribution is 2.15. The zero-order valence-corrected chi connectivity index (χ0v) is 14.9. The zero-order chi connectivity index (χ0) is 16.8. The van der Waals surface area contributed by atoms with Crippen molar-refractivity contribution in [1.82, 2.24) is 9.47 Å². The van der Waals surface area contributed by atoms with E-state index in [0.29, 0.717) is 23.9 Å².